The van der Waals surface area contributed by atoms with Crippen molar-refractivity contribution >= 4 is 45.3 Å². The van der Waals surface area contributed by atoms with Crippen molar-refractivity contribution in [2.24, 2.45) is 0 Å². The first-order valence-electron chi connectivity index (χ1n) is 9.01. The van der Waals surface area contributed by atoms with Crippen molar-refractivity contribution in [1.29, 1.82) is 0 Å². The number of hydrogen-bond donors (Lipinski definition) is 4. The van der Waals surface area contributed by atoms with Crippen LogP contribution < -0.4 is 21.3 Å². The Morgan fingerprint density at radius 3 is 2.40 bits per heavy atom. The summed E-state index contributed by atoms with van der Waals surface area (Å²) in [7, 11) is 0. The molecule has 9 nitrogen and oxygen atoms in total. The molecule has 0 aliphatic rings. The predicted molar refractivity (Wildman–Crippen MR) is 117 cm³/mol. The third-order valence-electron chi connectivity index (χ3n) is 3.92. The fraction of sp³-hybridized carbons (Fsp3) is 0.100. The molecule has 0 aliphatic carbocycles. The molecule has 0 atom stereocenters. The second-order valence-electron chi connectivity index (χ2n) is 6.07. The summed E-state index contributed by atoms with van der Waals surface area (Å²) in [6.45, 7) is 0.604. The number of carbonyl (C=O) groups is 2. The molecule has 154 valence electrons. The third-order valence-corrected chi connectivity index (χ3v) is 4.92. The van der Waals surface area contributed by atoms with E-state index in [1.165, 1.54) is 6.07 Å². The van der Waals surface area contributed by atoms with Crippen LogP contribution in [0.15, 0.2) is 66.7 Å². The van der Waals surface area contributed by atoms with Crippen LogP contribution in [0.5, 0.6) is 0 Å². The number of anilines is 3. The highest BCUT2D eigenvalue weighted by Crippen LogP contribution is 2.23. The smallest absolute Gasteiger partial charge is 0.324 e. The molecule has 0 unspecified atom stereocenters. The number of nitrogens with one attached hydrogen (secondary N) is 4. The Bertz CT molecular complexity index is 1040. The minimum absolute atomic E-state index is 0.0217. The second kappa shape index (κ2) is 10.0. The monoisotopic (exact) mass is 425 g/mol. The number of carbonyl (C=O) groups excluding carboxylic acids is 2. The number of urea groups is 1. The van der Waals surface area contributed by atoms with Crippen LogP contribution in [0.3, 0.4) is 0 Å². The van der Waals surface area contributed by atoms with Gasteiger partial charge < -0.3 is 16.0 Å². The van der Waals surface area contributed by atoms with Gasteiger partial charge in [-0.25, -0.2) is 4.79 Å². The van der Waals surface area contributed by atoms with Gasteiger partial charge >= 0.3 is 6.03 Å². The van der Waals surface area contributed by atoms with E-state index in [4.69, 9.17) is 0 Å². The van der Waals surface area contributed by atoms with Gasteiger partial charge in [-0.15, -0.1) is 11.3 Å². The van der Waals surface area contributed by atoms with Crippen LogP contribution in [0.2, 0.25) is 0 Å². The third kappa shape index (κ3) is 5.79. The molecule has 3 amide bonds. The number of amides is 3. The lowest BCUT2D eigenvalue weighted by molar-refractivity contribution is -0.384. The lowest BCUT2D eigenvalue weighted by Crippen LogP contribution is -2.28. The van der Waals surface area contributed by atoms with E-state index in [2.05, 4.69) is 21.3 Å². The summed E-state index contributed by atoms with van der Waals surface area (Å²) < 4.78 is 0. The van der Waals surface area contributed by atoms with E-state index in [0.717, 1.165) is 11.3 Å². The molecule has 0 fully saturated rings. The molecule has 0 radical (unpaired) electrons. The zero-order chi connectivity index (χ0) is 21.3. The van der Waals surface area contributed by atoms with Crippen LogP contribution >= 0.6 is 11.3 Å². The van der Waals surface area contributed by atoms with Crippen molar-refractivity contribution in [3.05, 3.63) is 81.7 Å². The maximum atomic E-state index is 12.3. The highest BCUT2D eigenvalue weighted by molar-refractivity contribution is 7.18. The van der Waals surface area contributed by atoms with Gasteiger partial charge in [0, 0.05) is 24.8 Å². The van der Waals surface area contributed by atoms with Crippen LogP contribution in [-0.4, -0.2) is 30.0 Å². The lowest BCUT2D eigenvalue weighted by Gasteiger charge is -2.08. The Balaban J connectivity index is 1.45. The summed E-state index contributed by atoms with van der Waals surface area (Å²) in [6, 6.07) is 18.2. The number of nitro benzene ring substituents is 1. The molecular weight excluding hydrogens is 406 g/mol. The minimum Gasteiger partial charge on any atom is -0.378 e. The molecular formula is C20H19N5O4S. The second-order valence-corrected chi connectivity index (χ2v) is 7.15. The first-order valence-corrected chi connectivity index (χ1v) is 9.83. The van der Waals surface area contributed by atoms with E-state index >= 15 is 0 Å². The van der Waals surface area contributed by atoms with Crippen LogP contribution in [0.4, 0.5) is 26.9 Å². The standard InChI is InChI=1S/C20H19N5O4S/c26-19(22-13-12-21-15-8-4-5-9-16(15)25(28)29)17-10-11-18(30-17)24-20(27)23-14-6-2-1-3-7-14/h1-11,21H,12-13H2,(H,22,26)(H2,23,24,27). The highest BCUT2D eigenvalue weighted by Gasteiger charge is 2.13. The normalized spacial score (nSPS) is 10.1. The van der Waals surface area contributed by atoms with Crippen molar-refractivity contribution in [1.82, 2.24) is 5.32 Å². The Labute approximate surface area is 176 Å². The van der Waals surface area contributed by atoms with E-state index in [-0.39, 0.29) is 18.1 Å². The van der Waals surface area contributed by atoms with Gasteiger partial charge in [-0.1, -0.05) is 30.3 Å². The van der Waals surface area contributed by atoms with Gasteiger partial charge in [0.05, 0.1) is 14.8 Å². The summed E-state index contributed by atoms with van der Waals surface area (Å²) >= 11 is 1.15. The molecule has 0 aliphatic heterocycles. The zero-order valence-corrected chi connectivity index (χ0v) is 16.6. The minimum atomic E-state index is -0.463. The summed E-state index contributed by atoms with van der Waals surface area (Å²) in [5.41, 5.74) is 1.03. The fourth-order valence-electron chi connectivity index (χ4n) is 2.57. The van der Waals surface area contributed by atoms with Gasteiger partial charge in [0.1, 0.15) is 5.69 Å². The molecule has 1 heterocycles. The average molecular weight is 425 g/mol. The van der Waals surface area contributed by atoms with Crippen LogP contribution in [0.1, 0.15) is 9.67 Å². The first kappa shape index (κ1) is 20.8. The van der Waals surface area contributed by atoms with Gasteiger partial charge in [-0.2, -0.15) is 0 Å². The maximum absolute atomic E-state index is 12.3. The van der Waals surface area contributed by atoms with Crippen LogP contribution in [-0.2, 0) is 0 Å². The van der Waals surface area contributed by atoms with E-state index < -0.39 is 11.0 Å². The molecule has 30 heavy (non-hydrogen) atoms. The van der Waals surface area contributed by atoms with Crippen molar-refractivity contribution in [2.75, 3.05) is 29.0 Å². The van der Waals surface area contributed by atoms with Gasteiger partial charge in [-0.3, -0.25) is 20.2 Å². The van der Waals surface area contributed by atoms with Gasteiger partial charge in [-0.05, 0) is 30.3 Å². The predicted octanol–water partition coefficient (Wildman–Crippen LogP) is 4.14. The number of thiophene rings is 1. The Kier molecular flexibility index (Phi) is 6.95. The summed E-state index contributed by atoms with van der Waals surface area (Å²) in [5, 5.41) is 22.6. The Morgan fingerprint density at radius 1 is 0.900 bits per heavy atom. The van der Waals surface area contributed by atoms with Gasteiger partial charge in [0.15, 0.2) is 0 Å². The molecule has 0 saturated carbocycles. The molecule has 4 N–H and O–H groups in total. The van der Waals surface area contributed by atoms with Crippen LogP contribution in [0, 0.1) is 10.1 Å². The molecule has 1 aromatic heterocycles. The summed E-state index contributed by atoms with van der Waals surface area (Å²) in [5.74, 6) is -0.291. The molecule has 0 saturated heterocycles. The van der Waals surface area contributed by atoms with Crippen LogP contribution in [0.25, 0.3) is 0 Å². The fourth-order valence-corrected chi connectivity index (χ4v) is 3.38. The quantitative estimate of drug-likeness (QED) is 0.245. The number of nitro groups is 1. The van der Waals surface area contributed by atoms with E-state index in [0.29, 0.717) is 27.8 Å². The SMILES string of the molecule is O=C(Nc1ccccc1)Nc1ccc(C(=O)NCCNc2ccccc2[N+](=O)[O-])s1. The van der Waals surface area contributed by atoms with Gasteiger partial charge in [0.2, 0.25) is 0 Å². The summed E-state index contributed by atoms with van der Waals surface area (Å²) in [6.07, 6.45) is 0. The van der Waals surface area contributed by atoms with E-state index in [1.807, 2.05) is 18.2 Å². The Hall–Kier alpha value is -3.92. The van der Waals surface area contributed by atoms with Crippen molar-refractivity contribution in [3.63, 3.8) is 0 Å². The topological polar surface area (TPSA) is 125 Å². The number of benzene rings is 2. The first-order chi connectivity index (χ1) is 14.5. The molecule has 2 aromatic carbocycles. The van der Waals surface area contributed by atoms with E-state index in [9.17, 15) is 19.7 Å². The van der Waals surface area contributed by atoms with E-state index in [1.54, 1.807) is 42.5 Å². The summed E-state index contributed by atoms with van der Waals surface area (Å²) in [4.78, 5) is 35.2. The number of nitrogens with zero attached hydrogens (tertiary/aromatic N) is 1. The molecule has 0 bridgehead atoms. The average Bonchev–Trinajstić information content (AvgIpc) is 3.20. The zero-order valence-electron chi connectivity index (χ0n) is 15.8. The van der Waals surface area contributed by atoms with Crippen molar-refractivity contribution in [3.8, 4) is 0 Å². The molecule has 10 heteroatoms. The number of rotatable bonds is 8. The van der Waals surface area contributed by atoms with Gasteiger partial charge in [0.25, 0.3) is 11.6 Å². The molecule has 3 aromatic rings. The van der Waals surface area contributed by atoms with Crippen molar-refractivity contribution < 1.29 is 14.5 Å². The number of para-hydroxylation sites is 3. The van der Waals surface area contributed by atoms with Crippen molar-refractivity contribution in [2.45, 2.75) is 0 Å². The molecule has 0 spiro atoms. The lowest BCUT2D eigenvalue weighted by atomic mass is 10.2. The number of hydrogen-bond acceptors (Lipinski definition) is 6. The largest absolute Gasteiger partial charge is 0.378 e. The maximum Gasteiger partial charge on any atom is 0.324 e. The highest BCUT2D eigenvalue weighted by atomic mass is 32.1. The Morgan fingerprint density at radius 2 is 1.63 bits per heavy atom. The molecule has 3 rings (SSSR count).